The highest BCUT2D eigenvalue weighted by atomic mass is 16.3. The lowest BCUT2D eigenvalue weighted by atomic mass is 10.0. The smallest absolute Gasteiger partial charge is 0.0767 e. The normalized spacial score (nSPS) is 12.8. The number of aliphatic hydroxyl groups excluding tert-OH is 1. The van der Waals surface area contributed by atoms with E-state index >= 15 is 0 Å². The Morgan fingerprint density at radius 2 is 1.53 bits per heavy atom. The predicted molar refractivity (Wildman–Crippen MR) is 72.4 cm³/mol. The van der Waals surface area contributed by atoms with E-state index in [1.165, 1.54) is 0 Å². The van der Waals surface area contributed by atoms with Crippen molar-refractivity contribution in [2.75, 3.05) is 0 Å². The molecule has 2 aromatic carbocycles. The maximum Gasteiger partial charge on any atom is 0.0767 e. The van der Waals surface area contributed by atoms with E-state index in [2.05, 4.69) is 18.2 Å². The first-order valence-electron chi connectivity index (χ1n) is 5.77. The molecule has 0 fully saturated rings. The van der Waals surface area contributed by atoms with Gasteiger partial charge in [-0.3, -0.25) is 0 Å². The molecule has 0 aliphatic carbocycles. The van der Waals surface area contributed by atoms with E-state index in [9.17, 15) is 5.11 Å². The highest BCUT2D eigenvalue weighted by molar-refractivity contribution is 5.71. The summed E-state index contributed by atoms with van der Waals surface area (Å²) in [6.07, 6.45) is 3.66. The van der Waals surface area contributed by atoms with Gasteiger partial charge in [0.15, 0.2) is 0 Å². The molecular weight excluding hydrogens is 208 g/mol. The molecule has 1 nitrogen and oxygen atoms in total. The van der Waals surface area contributed by atoms with Crippen molar-refractivity contribution < 1.29 is 5.11 Å². The van der Waals surface area contributed by atoms with E-state index in [1.807, 2.05) is 48.5 Å². The third-order valence-corrected chi connectivity index (χ3v) is 2.70. The molecule has 0 spiro atoms. The minimum absolute atomic E-state index is 0.438. The minimum Gasteiger partial charge on any atom is -0.389 e. The second-order valence-corrected chi connectivity index (χ2v) is 4.05. The van der Waals surface area contributed by atoms with E-state index in [-0.39, 0.29) is 0 Å². The van der Waals surface area contributed by atoms with Crippen molar-refractivity contribution in [1.82, 2.24) is 0 Å². The fraction of sp³-hybridized carbons (Fsp3) is 0.125. The number of hydrogen-bond acceptors (Lipinski definition) is 1. The summed E-state index contributed by atoms with van der Waals surface area (Å²) in [5.41, 5.74) is 3.18. The zero-order valence-corrected chi connectivity index (χ0v) is 9.88. The molecule has 0 radical (unpaired) electrons. The van der Waals surface area contributed by atoms with Gasteiger partial charge >= 0.3 is 0 Å². The van der Waals surface area contributed by atoms with Crippen molar-refractivity contribution in [2.24, 2.45) is 0 Å². The van der Waals surface area contributed by atoms with Crippen LogP contribution in [-0.4, -0.2) is 5.11 Å². The molecule has 1 atom stereocenters. The summed E-state index contributed by atoms with van der Waals surface area (Å²) < 4.78 is 0. The monoisotopic (exact) mass is 224 g/mol. The van der Waals surface area contributed by atoms with Gasteiger partial charge in [0.1, 0.15) is 0 Å². The van der Waals surface area contributed by atoms with E-state index in [0.29, 0.717) is 0 Å². The molecule has 2 rings (SSSR count). The first-order valence-corrected chi connectivity index (χ1v) is 5.77. The van der Waals surface area contributed by atoms with Gasteiger partial charge in [0.25, 0.3) is 0 Å². The van der Waals surface area contributed by atoms with Crippen molar-refractivity contribution in [3.63, 3.8) is 0 Å². The molecule has 0 saturated carbocycles. The molecule has 0 amide bonds. The lowest BCUT2D eigenvalue weighted by Crippen LogP contribution is -1.93. The number of benzene rings is 2. The van der Waals surface area contributed by atoms with Crippen LogP contribution in [0.5, 0.6) is 0 Å². The Bertz CT molecular complexity index is 498. The summed E-state index contributed by atoms with van der Waals surface area (Å²) in [7, 11) is 0. The molecule has 17 heavy (non-hydrogen) atoms. The van der Waals surface area contributed by atoms with E-state index in [1.54, 1.807) is 6.92 Å². The zero-order chi connectivity index (χ0) is 12.1. The van der Waals surface area contributed by atoms with Crippen LogP contribution >= 0.6 is 0 Å². The molecule has 0 aromatic heterocycles. The third-order valence-electron chi connectivity index (χ3n) is 2.70. The molecule has 0 saturated heterocycles. The second kappa shape index (κ2) is 5.46. The van der Waals surface area contributed by atoms with Crippen molar-refractivity contribution in [3.05, 3.63) is 71.3 Å². The standard InChI is InChI=1S/C16H16O/c1-13(17)16-10-6-5-9-15(16)12-11-14-7-3-2-4-8-14/h2-13,17H,1H3. The summed E-state index contributed by atoms with van der Waals surface area (Å²) in [6.45, 7) is 1.79. The van der Waals surface area contributed by atoms with Crippen LogP contribution in [0.15, 0.2) is 54.6 Å². The van der Waals surface area contributed by atoms with Crippen LogP contribution in [0, 0.1) is 0 Å². The van der Waals surface area contributed by atoms with Crippen LogP contribution in [0.1, 0.15) is 29.7 Å². The Morgan fingerprint density at radius 3 is 2.24 bits per heavy atom. The SMILES string of the molecule is CC(O)c1ccccc1C=Cc1ccccc1. The van der Waals surface area contributed by atoms with Gasteiger partial charge in [-0.2, -0.15) is 0 Å². The summed E-state index contributed by atoms with van der Waals surface area (Å²) in [6, 6.07) is 18.0. The molecule has 0 heterocycles. The molecule has 0 aliphatic heterocycles. The molecule has 86 valence electrons. The van der Waals surface area contributed by atoms with Crippen molar-refractivity contribution >= 4 is 12.2 Å². The summed E-state index contributed by atoms with van der Waals surface area (Å²) in [5.74, 6) is 0. The molecule has 1 unspecified atom stereocenters. The molecule has 0 aliphatic rings. The van der Waals surface area contributed by atoms with Gasteiger partial charge in [-0.1, -0.05) is 66.7 Å². The third kappa shape index (κ3) is 3.05. The summed E-state index contributed by atoms with van der Waals surface area (Å²) >= 11 is 0. The largest absolute Gasteiger partial charge is 0.389 e. The van der Waals surface area contributed by atoms with Crippen LogP contribution in [0.3, 0.4) is 0 Å². The van der Waals surface area contributed by atoms with Crippen LogP contribution in [-0.2, 0) is 0 Å². The molecule has 0 bridgehead atoms. The molecular formula is C16H16O. The second-order valence-electron chi connectivity index (χ2n) is 4.05. The van der Waals surface area contributed by atoms with Crippen LogP contribution in [0.4, 0.5) is 0 Å². The Balaban J connectivity index is 2.27. The maximum absolute atomic E-state index is 9.67. The average Bonchev–Trinajstić information content (AvgIpc) is 2.38. The van der Waals surface area contributed by atoms with Gasteiger partial charge < -0.3 is 5.11 Å². The van der Waals surface area contributed by atoms with Gasteiger partial charge in [0.05, 0.1) is 6.10 Å². The minimum atomic E-state index is -0.438. The first kappa shape index (κ1) is 11.6. The fourth-order valence-corrected chi connectivity index (χ4v) is 1.79. The van der Waals surface area contributed by atoms with Gasteiger partial charge in [-0.15, -0.1) is 0 Å². The Kier molecular flexibility index (Phi) is 3.73. The summed E-state index contributed by atoms with van der Waals surface area (Å²) in [5, 5.41) is 9.67. The Morgan fingerprint density at radius 1 is 0.882 bits per heavy atom. The lowest BCUT2D eigenvalue weighted by molar-refractivity contribution is 0.199. The van der Waals surface area contributed by atoms with Crippen LogP contribution in [0.25, 0.3) is 12.2 Å². The fourth-order valence-electron chi connectivity index (χ4n) is 1.79. The molecule has 1 N–H and O–H groups in total. The van der Waals surface area contributed by atoms with Crippen molar-refractivity contribution in [2.45, 2.75) is 13.0 Å². The van der Waals surface area contributed by atoms with Crippen molar-refractivity contribution in [3.8, 4) is 0 Å². The number of hydrogen-bond donors (Lipinski definition) is 1. The Labute approximate surface area is 102 Å². The Hall–Kier alpha value is -1.86. The zero-order valence-electron chi connectivity index (χ0n) is 9.88. The number of rotatable bonds is 3. The number of aliphatic hydroxyl groups is 1. The highest BCUT2D eigenvalue weighted by Crippen LogP contribution is 2.19. The van der Waals surface area contributed by atoms with Crippen LogP contribution in [0.2, 0.25) is 0 Å². The van der Waals surface area contributed by atoms with Gasteiger partial charge in [-0.25, -0.2) is 0 Å². The highest BCUT2D eigenvalue weighted by Gasteiger charge is 2.03. The molecule has 2 aromatic rings. The van der Waals surface area contributed by atoms with Gasteiger partial charge in [0.2, 0.25) is 0 Å². The van der Waals surface area contributed by atoms with Gasteiger partial charge in [0, 0.05) is 0 Å². The average molecular weight is 224 g/mol. The first-order chi connectivity index (χ1) is 8.27. The van der Waals surface area contributed by atoms with Crippen LogP contribution < -0.4 is 0 Å². The topological polar surface area (TPSA) is 20.2 Å². The van der Waals surface area contributed by atoms with E-state index in [0.717, 1.165) is 16.7 Å². The van der Waals surface area contributed by atoms with Crippen molar-refractivity contribution in [1.29, 1.82) is 0 Å². The lowest BCUT2D eigenvalue weighted by Gasteiger charge is -2.08. The predicted octanol–water partition coefficient (Wildman–Crippen LogP) is 3.91. The van der Waals surface area contributed by atoms with Gasteiger partial charge in [-0.05, 0) is 23.6 Å². The quantitative estimate of drug-likeness (QED) is 0.784. The summed E-state index contributed by atoms with van der Waals surface area (Å²) in [4.78, 5) is 0. The maximum atomic E-state index is 9.67. The van der Waals surface area contributed by atoms with E-state index in [4.69, 9.17) is 0 Å². The molecule has 1 heteroatoms. The van der Waals surface area contributed by atoms with E-state index < -0.39 is 6.10 Å².